The van der Waals surface area contributed by atoms with Gasteiger partial charge in [0.05, 0.1) is 30.2 Å². The largest absolute Gasteiger partial charge is 0.373 e. The van der Waals surface area contributed by atoms with Crippen LogP contribution in [0.2, 0.25) is 0 Å². The zero-order valence-corrected chi connectivity index (χ0v) is 18.8. The van der Waals surface area contributed by atoms with Crippen molar-refractivity contribution in [2.24, 2.45) is 0 Å². The molecule has 2 atom stereocenters. The summed E-state index contributed by atoms with van der Waals surface area (Å²) < 4.78 is 48.5. The first-order chi connectivity index (χ1) is 16.4. The maximum absolute atomic E-state index is 14.8. The second-order valence-corrected chi connectivity index (χ2v) is 8.43. The topological polar surface area (TPSA) is 78.6 Å². The Morgan fingerprint density at radius 3 is 2.71 bits per heavy atom. The average molecular weight is 468 g/mol. The molecule has 7 nitrogen and oxygen atoms in total. The fourth-order valence-electron chi connectivity index (χ4n) is 4.20. The van der Waals surface area contributed by atoms with E-state index in [0.717, 1.165) is 11.6 Å². The predicted octanol–water partition coefficient (Wildman–Crippen LogP) is 4.78. The minimum atomic E-state index is -0.726. The first-order valence-electron chi connectivity index (χ1n) is 11.1. The lowest BCUT2D eigenvalue weighted by Crippen LogP contribution is -2.20. The summed E-state index contributed by atoms with van der Waals surface area (Å²) >= 11 is 0. The van der Waals surface area contributed by atoms with Gasteiger partial charge in [0.15, 0.2) is 5.65 Å². The lowest BCUT2D eigenvalue weighted by molar-refractivity contribution is 0.00396. The Kier molecular flexibility index (Phi) is 5.99. The Hall–Kier alpha value is -3.40. The van der Waals surface area contributed by atoms with E-state index in [1.54, 1.807) is 17.1 Å². The molecule has 4 aromatic rings. The maximum Gasteiger partial charge on any atom is 0.182 e. The SMILES string of the molecule is Cc1nc2nc([C@@H]3CCO[C@@H](c4cnn(CCF)c4)C3)nc(-c3ccc(F)cc3F)c2nc1C. The number of fused-ring (bicyclic) bond motifs is 1. The number of halogens is 3. The molecule has 0 bridgehead atoms. The van der Waals surface area contributed by atoms with Crippen molar-refractivity contribution in [2.45, 2.75) is 45.3 Å². The Labute approximate surface area is 194 Å². The molecule has 0 spiro atoms. The second-order valence-electron chi connectivity index (χ2n) is 8.43. The van der Waals surface area contributed by atoms with Crippen molar-refractivity contribution in [2.75, 3.05) is 13.3 Å². The van der Waals surface area contributed by atoms with Crippen LogP contribution in [0.4, 0.5) is 13.2 Å². The van der Waals surface area contributed by atoms with E-state index in [0.29, 0.717) is 47.8 Å². The van der Waals surface area contributed by atoms with Gasteiger partial charge in [-0.2, -0.15) is 5.10 Å². The van der Waals surface area contributed by atoms with Crippen LogP contribution in [0.25, 0.3) is 22.4 Å². The third-order valence-corrected chi connectivity index (χ3v) is 6.13. The molecule has 5 rings (SSSR count). The molecular formula is C24H23F3N6O. The van der Waals surface area contributed by atoms with Crippen LogP contribution in [0, 0.1) is 25.5 Å². The molecule has 3 aromatic heterocycles. The highest BCUT2D eigenvalue weighted by molar-refractivity contribution is 5.87. The van der Waals surface area contributed by atoms with Crippen molar-refractivity contribution in [1.82, 2.24) is 29.7 Å². The number of nitrogens with zero attached hydrogens (tertiary/aromatic N) is 6. The summed E-state index contributed by atoms with van der Waals surface area (Å²) in [5.41, 5.74) is 3.42. The highest BCUT2D eigenvalue weighted by Crippen LogP contribution is 2.38. The minimum absolute atomic E-state index is 0.0849. The van der Waals surface area contributed by atoms with Crippen molar-refractivity contribution < 1.29 is 17.9 Å². The smallest absolute Gasteiger partial charge is 0.182 e. The predicted molar refractivity (Wildman–Crippen MR) is 119 cm³/mol. The first kappa shape index (κ1) is 22.4. The van der Waals surface area contributed by atoms with Gasteiger partial charge in [-0.3, -0.25) is 4.68 Å². The Morgan fingerprint density at radius 1 is 1.09 bits per heavy atom. The zero-order valence-electron chi connectivity index (χ0n) is 18.8. The molecular weight excluding hydrogens is 445 g/mol. The average Bonchev–Trinajstić information content (AvgIpc) is 3.29. The quantitative estimate of drug-likeness (QED) is 0.419. The second kappa shape index (κ2) is 9.09. The van der Waals surface area contributed by atoms with E-state index in [1.807, 2.05) is 13.8 Å². The number of benzene rings is 1. The van der Waals surface area contributed by atoms with Gasteiger partial charge in [-0.25, -0.2) is 33.1 Å². The van der Waals surface area contributed by atoms with Crippen molar-refractivity contribution in [3.05, 3.63) is 65.0 Å². The molecule has 1 fully saturated rings. The molecule has 34 heavy (non-hydrogen) atoms. The first-order valence-corrected chi connectivity index (χ1v) is 11.1. The molecule has 0 aliphatic carbocycles. The number of ether oxygens (including phenoxy) is 1. The van der Waals surface area contributed by atoms with E-state index < -0.39 is 18.3 Å². The molecule has 176 valence electrons. The Balaban J connectivity index is 1.57. The van der Waals surface area contributed by atoms with Gasteiger partial charge in [0.2, 0.25) is 0 Å². The molecule has 0 saturated carbocycles. The van der Waals surface area contributed by atoms with Gasteiger partial charge in [0.25, 0.3) is 0 Å². The highest BCUT2D eigenvalue weighted by Gasteiger charge is 2.29. The van der Waals surface area contributed by atoms with Crippen LogP contribution in [0.1, 0.15) is 47.6 Å². The van der Waals surface area contributed by atoms with Gasteiger partial charge in [-0.05, 0) is 38.8 Å². The van der Waals surface area contributed by atoms with Gasteiger partial charge < -0.3 is 4.74 Å². The van der Waals surface area contributed by atoms with E-state index in [9.17, 15) is 13.2 Å². The standard InChI is InChI=1S/C24H23F3N6O/c1-13-14(2)30-24-22(29-13)21(18-4-3-17(26)10-19(18)27)31-23(32-24)15-5-8-34-20(9-15)16-11-28-33(12-16)7-6-25/h3-4,10-12,15,20H,5-9H2,1-2H3/t15-,20-/m1/s1. The lowest BCUT2D eigenvalue weighted by atomic mass is 9.92. The van der Waals surface area contributed by atoms with Crippen LogP contribution in [0.3, 0.4) is 0 Å². The maximum atomic E-state index is 14.8. The van der Waals surface area contributed by atoms with E-state index in [-0.39, 0.29) is 29.8 Å². The van der Waals surface area contributed by atoms with Crippen molar-refractivity contribution in [1.29, 1.82) is 0 Å². The van der Waals surface area contributed by atoms with Crippen LogP contribution in [0.15, 0.2) is 30.6 Å². The summed E-state index contributed by atoms with van der Waals surface area (Å²) in [5.74, 6) is -0.971. The summed E-state index contributed by atoms with van der Waals surface area (Å²) in [5, 5.41) is 4.18. The van der Waals surface area contributed by atoms with E-state index >= 15 is 0 Å². The Bertz CT molecular complexity index is 1360. The van der Waals surface area contributed by atoms with Crippen molar-refractivity contribution >= 4 is 11.2 Å². The number of hydrogen-bond donors (Lipinski definition) is 0. The fourth-order valence-corrected chi connectivity index (χ4v) is 4.20. The third-order valence-electron chi connectivity index (χ3n) is 6.13. The van der Waals surface area contributed by atoms with E-state index in [4.69, 9.17) is 9.72 Å². The van der Waals surface area contributed by atoms with Crippen LogP contribution in [0.5, 0.6) is 0 Å². The van der Waals surface area contributed by atoms with E-state index in [2.05, 4.69) is 20.1 Å². The monoisotopic (exact) mass is 468 g/mol. The van der Waals surface area contributed by atoms with Gasteiger partial charge in [-0.15, -0.1) is 0 Å². The third kappa shape index (κ3) is 4.25. The summed E-state index contributed by atoms with van der Waals surface area (Å²) in [4.78, 5) is 18.6. The molecule has 0 radical (unpaired) electrons. The number of rotatable bonds is 5. The number of hydrogen-bond acceptors (Lipinski definition) is 6. The lowest BCUT2D eigenvalue weighted by Gasteiger charge is -2.28. The zero-order chi connectivity index (χ0) is 23.8. The van der Waals surface area contributed by atoms with Gasteiger partial charge in [0.1, 0.15) is 35.3 Å². The van der Waals surface area contributed by atoms with Crippen LogP contribution in [-0.2, 0) is 11.3 Å². The number of aryl methyl sites for hydroxylation is 3. The molecule has 1 aliphatic rings. The summed E-state index contributed by atoms with van der Waals surface area (Å²) in [6.45, 7) is 3.81. The molecule has 10 heteroatoms. The summed E-state index contributed by atoms with van der Waals surface area (Å²) in [6.07, 6.45) is 4.47. The van der Waals surface area contributed by atoms with Crippen LogP contribution < -0.4 is 0 Å². The van der Waals surface area contributed by atoms with E-state index in [1.165, 1.54) is 12.1 Å². The normalized spacial score (nSPS) is 18.5. The molecule has 0 unspecified atom stereocenters. The van der Waals surface area contributed by atoms with Crippen LogP contribution in [-0.4, -0.2) is 43.0 Å². The molecule has 1 saturated heterocycles. The minimum Gasteiger partial charge on any atom is -0.373 e. The molecule has 4 heterocycles. The van der Waals surface area contributed by atoms with Gasteiger partial charge in [0, 0.05) is 35.9 Å². The molecule has 0 amide bonds. The van der Waals surface area contributed by atoms with Crippen molar-refractivity contribution in [3.63, 3.8) is 0 Å². The highest BCUT2D eigenvalue weighted by atomic mass is 19.1. The van der Waals surface area contributed by atoms with Crippen LogP contribution >= 0.6 is 0 Å². The molecule has 0 N–H and O–H groups in total. The number of aromatic nitrogens is 6. The van der Waals surface area contributed by atoms with Crippen molar-refractivity contribution in [3.8, 4) is 11.3 Å². The summed E-state index contributed by atoms with van der Waals surface area (Å²) in [6, 6.07) is 3.39. The van der Waals surface area contributed by atoms with Gasteiger partial charge >= 0.3 is 0 Å². The number of alkyl halides is 1. The fraction of sp³-hybridized carbons (Fsp3) is 0.375. The molecule has 1 aromatic carbocycles. The van der Waals surface area contributed by atoms with Gasteiger partial charge in [-0.1, -0.05) is 0 Å². The molecule has 1 aliphatic heterocycles. The Morgan fingerprint density at radius 2 is 1.91 bits per heavy atom. The summed E-state index contributed by atoms with van der Waals surface area (Å²) in [7, 11) is 0.